The number of fused-ring (bicyclic) bond motifs is 1. The molecule has 1 saturated heterocycles. The van der Waals surface area contributed by atoms with Crippen LogP contribution in [0, 0.1) is 11.6 Å². The van der Waals surface area contributed by atoms with Crippen LogP contribution in [0.4, 0.5) is 19.3 Å². The third-order valence-electron chi connectivity index (χ3n) is 8.58. The Bertz CT molecular complexity index is 1890. The molecular weight excluding hydrogens is 632 g/mol. The number of hydrogen-bond donors (Lipinski definition) is 2. The van der Waals surface area contributed by atoms with Crippen LogP contribution in [-0.4, -0.2) is 66.3 Å². The fourth-order valence-electron chi connectivity index (χ4n) is 6.05. The van der Waals surface area contributed by atoms with Crippen molar-refractivity contribution in [3.8, 4) is 5.75 Å². The molecule has 6 rings (SSSR count). The monoisotopic (exact) mass is 665 g/mol. The SMILES string of the molecule is CN1C(=O)[C@@H](NC(=O)C2(NC(=O)Cc3cc(F)cc(F)c3)CCN(C(=O)Oc3ccccc3)CC2)N=C(c2ccccc2)c2ccccc21. The highest BCUT2D eigenvalue weighted by Crippen LogP contribution is 2.29. The molecule has 250 valence electrons. The number of likely N-dealkylation sites (tertiary alicyclic amines) is 1. The number of ether oxygens (including phenoxy) is 1. The summed E-state index contributed by atoms with van der Waals surface area (Å²) in [6.45, 7) is 0.0485. The molecule has 12 heteroatoms. The molecule has 2 aliphatic heterocycles. The number of likely N-dealkylation sites (N-methyl/N-ethyl adjacent to an activating group) is 1. The summed E-state index contributed by atoms with van der Waals surface area (Å²) in [5, 5.41) is 5.54. The number of piperidine rings is 1. The molecule has 4 aromatic rings. The van der Waals surface area contributed by atoms with Crippen LogP contribution in [0.3, 0.4) is 0 Å². The number of benzene rings is 4. The van der Waals surface area contributed by atoms with E-state index >= 15 is 0 Å². The van der Waals surface area contributed by atoms with E-state index < -0.39 is 53.6 Å². The molecule has 0 radical (unpaired) electrons. The second kappa shape index (κ2) is 14.1. The second-order valence-electron chi connectivity index (χ2n) is 11.9. The number of carbonyl (C=O) groups excluding carboxylic acids is 4. The Balaban J connectivity index is 1.28. The molecule has 2 N–H and O–H groups in total. The average Bonchev–Trinajstić information content (AvgIpc) is 3.19. The average molecular weight is 666 g/mol. The molecular formula is C37H33F2N5O5. The lowest BCUT2D eigenvalue weighted by Crippen LogP contribution is -2.65. The van der Waals surface area contributed by atoms with Gasteiger partial charge >= 0.3 is 6.09 Å². The molecule has 10 nitrogen and oxygen atoms in total. The van der Waals surface area contributed by atoms with Crippen molar-refractivity contribution < 1.29 is 32.7 Å². The van der Waals surface area contributed by atoms with Gasteiger partial charge in [-0.3, -0.25) is 14.4 Å². The number of halogens is 2. The van der Waals surface area contributed by atoms with Gasteiger partial charge in [-0.2, -0.15) is 0 Å². The van der Waals surface area contributed by atoms with Gasteiger partial charge in [0.1, 0.15) is 22.9 Å². The molecule has 49 heavy (non-hydrogen) atoms. The minimum Gasteiger partial charge on any atom is -0.410 e. The Labute approximate surface area is 281 Å². The van der Waals surface area contributed by atoms with Crippen LogP contribution < -0.4 is 20.3 Å². The maximum Gasteiger partial charge on any atom is 0.415 e. The smallest absolute Gasteiger partial charge is 0.410 e. The Hall–Kier alpha value is -5.91. The van der Waals surface area contributed by atoms with E-state index in [2.05, 4.69) is 10.6 Å². The minimum atomic E-state index is -1.60. The molecule has 2 heterocycles. The van der Waals surface area contributed by atoms with E-state index in [0.29, 0.717) is 28.8 Å². The molecule has 1 atom stereocenters. The van der Waals surface area contributed by atoms with Crippen molar-refractivity contribution in [3.63, 3.8) is 0 Å². The predicted octanol–water partition coefficient (Wildman–Crippen LogP) is 4.61. The van der Waals surface area contributed by atoms with Crippen LogP contribution in [0.15, 0.2) is 108 Å². The maximum atomic E-state index is 14.3. The lowest BCUT2D eigenvalue weighted by molar-refractivity contribution is -0.137. The van der Waals surface area contributed by atoms with Gasteiger partial charge in [0.25, 0.3) is 5.91 Å². The predicted molar refractivity (Wildman–Crippen MR) is 178 cm³/mol. The Morgan fingerprint density at radius 2 is 1.49 bits per heavy atom. The van der Waals surface area contributed by atoms with Crippen molar-refractivity contribution in [1.29, 1.82) is 0 Å². The summed E-state index contributed by atoms with van der Waals surface area (Å²) >= 11 is 0. The van der Waals surface area contributed by atoms with Gasteiger partial charge in [-0.25, -0.2) is 18.6 Å². The lowest BCUT2D eigenvalue weighted by Gasteiger charge is -2.41. The standard InChI is InChI=1S/C37H33F2N5O5/c1-43-30-15-9-8-14-29(30)32(25-10-4-2-5-11-25)40-33(34(43)46)41-35(47)37(42-31(45)22-24-20-26(38)23-27(39)21-24)16-18-44(19-17-37)36(48)49-28-12-6-3-7-13-28/h2-15,20-21,23,33H,16-19,22H2,1H3,(H,41,47)(H,42,45)/t33-/m1/s1. The molecule has 4 aromatic carbocycles. The Morgan fingerprint density at radius 3 is 2.16 bits per heavy atom. The molecule has 0 spiro atoms. The van der Waals surface area contributed by atoms with Crippen LogP contribution in [0.1, 0.15) is 29.5 Å². The van der Waals surface area contributed by atoms with Crippen molar-refractivity contribution in [1.82, 2.24) is 15.5 Å². The Morgan fingerprint density at radius 1 is 0.878 bits per heavy atom. The Kier molecular flexibility index (Phi) is 9.47. The van der Waals surface area contributed by atoms with E-state index in [-0.39, 0.29) is 31.5 Å². The van der Waals surface area contributed by atoms with E-state index in [1.165, 1.54) is 9.80 Å². The number of nitrogens with zero attached hydrogens (tertiary/aromatic N) is 3. The topological polar surface area (TPSA) is 120 Å². The van der Waals surface area contributed by atoms with Crippen LogP contribution in [-0.2, 0) is 20.8 Å². The summed E-state index contributed by atoms with van der Waals surface area (Å²) in [6, 6.07) is 27.8. The lowest BCUT2D eigenvalue weighted by atomic mass is 9.86. The van der Waals surface area contributed by atoms with Crippen molar-refractivity contribution in [2.75, 3.05) is 25.0 Å². The number of hydrogen-bond acceptors (Lipinski definition) is 6. The number of nitrogens with one attached hydrogen (secondary N) is 2. The molecule has 0 saturated carbocycles. The van der Waals surface area contributed by atoms with E-state index in [9.17, 15) is 28.0 Å². The van der Waals surface area contributed by atoms with Crippen molar-refractivity contribution in [2.24, 2.45) is 4.99 Å². The molecule has 4 amide bonds. The number of benzodiazepines with no additional fused rings is 1. The van der Waals surface area contributed by atoms with Crippen molar-refractivity contribution in [3.05, 3.63) is 131 Å². The quantitative estimate of drug-likeness (QED) is 0.299. The van der Waals surface area contributed by atoms with E-state index in [4.69, 9.17) is 9.73 Å². The van der Waals surface area contributed by atoms with Gasteiger partial charge < -0.3 is 25.2 Å². The van der Waals surface area contributed by atoms with Crippen molar-refractivity contribution >= 4 is 35.2 Å². The number of amides is 4. The molecule has 0 aliphatic carbocycles. The molecule has 0 aromatic heterocycles. The summed E-state index contributed by atoms with van der Waals surface area (Å²) < 4.78 is 33.3. The van der Waals surface area contributed by atoms with Gasteiger partial charge in [0.2, 0.25) is 18.0 Å². The zero-order valence-electron chi connectivity index (χ0n) is 26.6. The van der Waals surface area contributed by atoms with Gasteiger partial charge in [-0.15, -0.1) is 0 Å². The third kappa shape index (κ3) is 7.33. The molecule has 1 fully saturated rings. The van der Waals surface area contributed by atoms with Crippen molar-refractivity contribution in [2.45, 2.75) is 31.0 Å². The first-order valence-corrected chi connectivity index (χ1v) is 15.7. The highest BCUT2D eigenvalue weighted by atomic mass is 19.1. The summed E-state index contributed by atoms with van der Waals surface area (Å²) in [7, 11) is 1.59. The first-order valence-electron chi connectivity index (χ1n) is 15.7. The normalized spacial score (nSPS) is 16.9. The van der Waals surface area contributed by atoms with Gasteiger partial charge in [0.15, 0.2) is 0 Å². The number of aliphatic imine (C=N–C) groups is 1. The summed E-state index contributed by atoms with van der Waals surface area (Å²) in [5.41, 5.74) is 0.980. The second-order valence-corrected chi connectivity index (χ2v) is 11.9. The zero-order chi connectivity index (χ0) is 34.5. The number of anilines is 1. The minimum absolute atomic E-state index is 0.0243. The van der Waals surface area contributed by atoms with E-state index in [0.717, 1.165) is 17.7 Å². The number of carbonyl (C=O) groups is 4. The molecule has 2 aliphatic rings. The van der Waals surface area contributed by atoms with Gasteiger partial charge in [-0.1, -0.05) is 66.7 Å². The number of para-hydroxylation sites is 2. The van der Waals surface area contributed by atoms with Gasteiger partial charge in [0, 0.05) is 37.3 Å². The van der Waals surface area contributed by atoms with Crippen LogP contribution in [0.25, 0.3) is 0 Å². The van der Waals surface area contributed by atoms with Crippen LogP contribution in [0.5, 0.6) is 5.75 Å². The summed E-state index contributed by atoms with van der Waals surface area (Å²) in [5.74, 6) is -3.22. The fourth-order valence-corrected chi connectivity index (χ4v) is 6.05. The fraction of sp³-hybridized carbons (Fsp3) is 0.216. The van der Waals surface area contributed by atoms with Gasteiger partial charge in [-0.05, 0) is 48.7 Å². The zero-order valence-corrected chi connectivity index (χ0v) is 26.6. The van der Waals surface area contributed by atoms with Crippen LogP contribution >= 0.6 is 0 Å². The highest BCUT2D eigenvalue weighted by Gasteiger charge is 2.45. The molecule has 0 unspecified atom stereocenters. The third-order valence-corrected chi connectivity index (χ3v) is 8.58. The van der Waals surface area contributed by atoms with E-state index in [1.54, 1.807) is 49.5 Å². The molecule has 0 bridgehead atoms. The summed E-state index contributed by atoms with van der Waals surface area (Å²) in [4.78, 5) is 62.1. The first kappa shape index (κ1) is 33.0. The highest BCUT2D eigenvalue weighted by molar-refractivity contribution is 6.20. The largest absolute Gasteiger partial charge is 0.415 e. The van der Waals surface area contributed by atoms with E-state index in [1.807, 2.05) is 42.5 Å². The van der Waals surface area contributed by atoms with Crippen LogP contribution in [0.2, 0.25) is 0 Å². The summed E-state index contributed by atoms with van der Waals surface area (Å²) in [6.07, 6.45) is -2.50. The van der Waals surface area contributed by atoms with Gasteiger partial charge in [0.05, 0.1) is 17.8 Å². The first-order chi connectivity index (χ1) is 23.6. The maximum absolute atomic E-state index is 14.3. The number of rotatable bonds is 7.